The summed E-state index contributed by atoms with van der Waals surface area (Å²) in [6, 6.07) is 15.8. The topological polar surface area (TPSA) is 125 Å². The molecule has 2 amide bonds. The van der Waals surface area contributed by atoms with Crippen molar-refractivity contribution in [2.24, 2.45) is 5.92 Å². The molecular weight excluding hydrogens is 412 g/mol. The Balaban J connectivity index is 1.28. The summed E-state index contributed by atoms with van der Waals surface area (Å²) in [5.41, 5.74) is 4.56. The molecule has 2 aliphatic carbocycles. The van der Waals surface area contributed by atoms with Gasteiger partial charge >= 0.3 is 12.1 Å². The molecule has 166 valence electrons. The molecule has 0 saturated heterocycles. The zero-order valence-corrected chi connectivity index (χ0v) is 17.2. The van der Waals surface area contributed by atoms with Crippen molar-refractivity contribution in [1.29, 1.82) is 0 Å². The molecule has 0 aliphatic heterocycles. The van der Waals surface area contributed by atoms with E-state index in [1.165, 1.54) is 0 Å². The molecule has 0 heterocycles. The number of aliphatic carboxylic acids is 1. The van der Waals surface area contributed by atoms with E-state index in [4.69, 9.17) is 9.84 Å². The number of aliphatic hydroxyl groups is 1. The first-order chi connectivity index (χ1) is 15.4. The summed E-state index contributed by atoms with van der Waals surface area (Å²) in [4.78, 5) is 35.1. The highest BCUT2D eigenvalue weighted by molar-refractivity contribution is 5.82. The molecule has 0 spiro atoms. The lowest BCUT2D eigenvalue weighted by Crippen LogP contribution is -2.40. The van der Waals surface area contributed by atoms with Crippen molar-refractivity contribution in [3.8, 4) is 11.1 Å². The van der Waals surface area contributed by atoms with Gasteiger partial charge in [0.15, 0.2) is 6.10 Å². The maximum atomic E-state index is 12.4. The van der Waals surface area contributed by atoms with Gasteiger partial charge in [0.1, 0.15) is 6.61 Å². The van der Waals surface area contributed by atoms with Crippen LogP contribution in [0.5, 0.6) is 0 Å². The SMILES string of the molecule is O=C(NC1C=CC(C(=O)NC[C@H](O)C(=O)O)C1)OCC1c2ccccc2-c2ccccc21. The van der Waals surface area contributed by atoms with Gasteiger partial charge in [0, 0.05) is 5.92 Å². The number of fused-ring (bicyclic) bond motifs is 3. The van der Waals surface area contributed by atoms with Gasteiger partial charge in [0.2, 0.25) is 5.91 Å². The van der Waals surface area contributed by atoms with E-state index >= 15 is 0 Å². The maximum absolute atomic E-state index is 12.4. The zero-order valence-electron chi connectivity index (χ0n) is 17.2. The van der Waals surface area contributed by atoms with Crippen molar-refractivity contribution >= 4 is 18.0 Å². The normalized spacial score (nSPS) is 19.7. The molecule has 0 fully saturated rings. The molecule has 0 radical (unpaired) electrons. The summed E-state index contributed by atoms with van der Waals surface area (Å²) in [5.74, 6) is -2.36. The summed E-state index contributed by atoms with van der Waals surface area (Å²) in [5, 5.41) is 23.1. The number of aliphatic hydroxyl groups excluding tert-OH is 1. The molecule has 4 N–H and O–H groups in total. The molecule has 2 aliphatic rings. The third-order valence-corrected chi connectivity index (χ3v) is 5.82. The van der Waals surface area contributed by atoms with Crippen molar-refractivity contribution in [3.05, 3.63) is 71.8 Å². The molecule has 8 nitrogen and oxygen atoms in total. The van der Waals surface area contributed by atoms with E-state index in [-0.39, 0.29) is 25.1 Å². The molecule has 0 aromatic heterocycles. The minimum Gasteiger partial charge on any atom is -0.479 e. The van der Waals surface area contributed by atoms with E-state index in [0.717, 1.165) is 22.3 Å². The van der Waals surface area contributed by atoms with Gasteiger partial charge in [-0.2, -0.15) is 0 Å². The predicted molar refractivity (Wildman–Crippen MR) is 116 cm³/mol. The van der Waals surface area contributed by atoms with E-state index in [9.17, 15) is 19.5 Å². The van der Waals surface area contributed by atoms with Gasteiger partial charge in [0.25, 0.3) is 0 Å². The number of benzene rings is 2. The van der Waals surface area contributed by atoms with Gasteiger partial charge in [-0.1, -0.05) is 60.7 Å². The summed E-state index contributed by atoms with van der Waals surface area (Å²) in [6.45, 7) is -0.170. The van der Waals surface area contributed by atoms with Crippen LogP contribution in [0.1, 0.15) is 23.5 Å². The Hall–Kier alpha value is -3.65. The fourth-order valence-corrected chi connectivity index (χ4v) is 4.21. The summed E-state index contributed by atoms with van der Waals surface area (Å²) in [7, 11) is 0. The number of carbonyl (C=O) groups is 3. The Morgan fingerprint density at radius 3 is 2.25 bits per heavy atom. The average molecular weight is 436 g/mol. The monoisotopic (exact) mass is 436 g/mol. The Kier molecular flexibility index (Phi) is 6.23. The van der Waals surface area contributed by atoms with Crippen LogP contribution in [-0.2, 0) is 14.3 Å². The van der Waals surface area contributed by atoms with Gasteiger partial charge in [-0.15, -0.1) is 0 Å². The van der Waals surface area contributed by atoms with Crippen LogP contribution in [0.4, 0.5) is 4.79 Å². The maximum Gasteiger partial charge on any atom is 0.407 e. The van der Waals surface area contributed by atoms with E-state index in [0.29, 0.717) is 6.42 Å². The zero-order chi connectivity index (χ0) is 22.7. The van der Waals surface area contributed by atoms with Crippen LogP contribution in [0.25, 0.3) is 11.1 Å². The molecule has 0 saturated carbocycles. The number of rotatable bonds is 7. The first-order valence-corrected chi connectivity index (χ1v) is 10.4. The van der Waals surface area contributed by atoms with Gasteiger partial charge in [0.05, 0.1) is 18.5 Å². The van der Waals surface area contributed by atoms with Crippen LogP contribution in [0, 0.1) is 5.92 Å². The number of hydrogen-bond donors (Lipinski definition) is 4. The number of carboxylic acid groups (broad SMARTS) is 1. The third-order valence-electron chi connectivity index (χ3n) is 5.82. The van der Waals surface area contributed by atoms with Crippen LogP contribution in [0.15, 0.2) is 60.7 Å². The quantitative estimate of drug-likeness (QED) is 0.492. The third kappa shape index (κ3) is 4.50. The first kappa shape index (κ1) is 21.6. The summed E-state index contributed by atoms with van der Waals surface area (Å²) < 4.78 is 5.52. The van der Waals surface area contributed by atoms with Crippen LogP contribution in [0.3, 0.4) is 0 Å². The van der Waals surface area contributed by atoms with E-state index in [1.807, 2.05) is 36.4 Å². The second-order valence-electron chi connectivity index (χ2n) is 7.90. The van der Waals surface area contributed by atoms with Crippen LogP contribution < -0.4 is 10.6 Å². The number of carboxylic acids is 1. The summed E-state index contributed by atoms with van der Waals surface area (Å²) >= 11 is 0. The fraction of sp³-hybridized carbons (Fsp3) is 0.292. The van der Waals surface area contributed by atoms with Crippen molar-refractivity contribution in [2.45, 2.75) is 24.5 Å². The van der Waals surface area contributed by atoms with Crippen molar-refractivity contribution < 1.29 is 29.3 Å². The van der Waals surface area contributed by atoms with Gasteiger partial charge in [-0.25, -0.2) is 9.59 Å². The van der Waals surface area contributed by atoms with Gasteiger partial charge in [-0.3, -0.25) is 4.79 Å². The number of amides is 2. The van der Waals surface area contributed by atoms with Crippen LogP contribution >= 0.6 is 0 Å². The van der Waals surface area contributed by atoms with Crippen molar-refractivity contribution in [1.82, 2.24) is 10.6 Å². The first-order valence-electron chi connectivity index (χ1n) is 10.4. The fourth-order valence-electron chi connectivity index (χ4n) is 4.21. The molecule has 0 bridgehead atoms. The van der Waals surface area contributed by atoms with Crippen LogP contribution in [-0.4, -0.2) is 53.5 Å². The number of nitrogens with one attached hydrogen (secondary N) is 2. The highest BCUT2D eigenvalue weighted by Crippen LogP contribution is 2.44. The Morgan fingerprint density at radius 1 is 1.00 bits per heavy atom. The highest BCUT2D eigenvalue weighted by Gasteiger charge is 2.30. The van der Waals surface area contributed by atoms with E-state index in [1.54, 1.807) is 12.2 Å². The largest absolute Gasteiger partial charge is 0.479 e. The van der Waals surface area contributed by atoms with Crippen LogP contribution in [0.2, 0.25) is 0 Å². The number of alkyl carbamates (subject to hydrolysis) is 1. The van der Waals surface area contributed by atoms with E-state index in [2.05, 4.69) is 22.8 Å². The highest BCUT2D eigenvalue weighted by atomic mass is 16.5. The molecular formula is C24H24N2O6. The molecule has 2 aromatic rings. The lowest BCUT2D eigenvalue weighted by atomic mass is 9.98. The van der Waals surface area contributed by atoms with E-state index < -0.39 is 30.0 Å². The standard InChI is InChI=1S/C24H24N2O6/c27-21(23(29)30)12-25-22(28)14-9-10-15(11-14)26-24(31)32-13-20-18-7-3-1-5-16(18)17-6-2-4-8-19(17)20/h1-10,14-15,20-21,27H,11-13H2,(H,25,28)(H,26,31)(H,29,30)/t14?,15?,21-/m0/s1. The average Bonchev–Trinajstić information content (AvgIpc) is 3.38. The molecule has 3 atom stereocenters. The lowest BCUT2D eigenvalue weighted by molar-refractivity contribution is -0.146. The Bertz CT molecular complexity index is 1020. The molecule has 8 heteroatoms. The molecule has 32 heavy (non-hydrogen) atoms. The number of carbonyl (C=O) groups excluding carboxylic acids is 2. The molecule has 2 unspecified atom stereocenters. The number of ether oxygens (including phenoxy) is 1. The molecule has 4 rings (SSSR count). The Labute approximate surface area is 184 Å². The van der Waals surface area contributed by atoms with Crippen molar-refractivity contribution in [2.75, 3.05) is 13.2 Å². The minimum absolute atomic E-state index is 0.0357. The van der Waals surface area contributed by atoms with Gasteiger partial charge < -0.3 is 25.6 Å². The Morgan fingerprint density at radius 2 is 1.62 bits per heavy atom. The predicted octanol–water partition coefficient (Wildman–Crippen LogP) is 2.03. The van der Waals surface area contributed by atoms with Crippen molar-refractivity contribution in [3.63, 3.8) is 0 Å². The van der Waals surface area contributed by atoms with Gasteiger partial charge in [-0.05, 0) is 28.7 Å². The second-order valence-corrected chi connectivity index (χ2v) is 7.90. The number of hydrogen-bond acceptors (Lipinski definition) is 5. The second kappa shape index (κ2) is 9.23. The molecule has 2 aromatic carbocycles. The minimum atomic E-state index is -1.65. The lowest BCUT2D eigenvalue weighted by Gasteiger charge is -2.17. The summed E-state index contributed by atoms with van der Waals surface area (Å²) in [6.07, 6.45) is 1.47. The smallest absolute Gasteiger partial charge is 0.407 e.